The van der Waals surface area contributed by atoms with Gasteiger partial charge < -0.3 is 10.3 Å². The Kier molecular flexibility index (Phi) is 3.10. The number of hydrogen-bond acceptors (Lipinski definition) is 3. The lowest BCUT2D eigenvalue weighted by Crippen LogP contribution is -1.95. The molecule has 0 fully saturated rings. The van der Waals surface area contributed by atoms with Crippen molar-refractivity contribution in [2.75, 3.05) is 5.32 Å². The van der Waals surface area contributed by atoms with E-state index < -0.39 is 0 Å². The molecule has 0 unspecified atom stereocenters. The molecule has 0 atom stereocenters. The summed E-state index contributed by atoms with van der Waals surface area (Å²) in [7, 11) is 0. The number of rotatable bonds is 3. The zero-order valence-corrected chi connectivity index (χ0v) is 11.8. The Hall–Kier alpha value is -2.82. The number of fused-ring (bicyclic) bond motifs is 1. The molecule has 0 aliphatic rings. The zero-order valence-electron chi connectivity index (χ0n) is 11.8. The summed E-state index contributed by atoms with van der Waals surface area (Å²) in [5, 5.41) is 15.1. The number of H-pyrrole nitrogens is 1. The van der Waals surface area contributed by atoms with Crippen LogP contribution in [-0.4, -0.2) is 9.91 Å². The van der Waals surface area contributed by atoms with Crippen LogP contribution in [0.25, 0.3) is 10.9 Å². The van der Waals surface area contributed by atoms with Crippen LogP contribution in [0.3, 0.4) is 0 Å². The topological polar surface area (TPSA) is 71.0 Å². The van der Waals surface area contributed by atoms with Gasteiger partial charge in [0, 0.05) is 5.69 Å². The van der Waals surface area contributed by atoms with E-state index in [1.54, 1.807) is 0 Å². The Bertz CT molecular complexity index is 819. The predicted molar refractivity (Wildman–Crippen MR) is 84.2 cm³/mol. The fraction of sp³-hybridized carbons (Fsp3) is 0.125. The molecule has 3 aromatic rings. The van der Waals surface area contributed by atoms with Crippen LogP contribution in [0.5, 0.6) is 0 Å². The van der Waals surface area contributed by atoms with Gasteiger partial charge in [-0.15, -0.1) is 0 Å². The van der Waals surface area contributed by atoms with Crippen LogP contribution in [0.2, 0.25) is 0 Å². The molecule has 106 valence electrons. The van der Waals surface area contributed by atoms with Crippen molar-refractivity contribution < 1.29 is 4.92 Å². The first kappa shape index (κ1) is 13.2. The van der Waals surface area contributed by atoms with Crippen LogP contribution in [-0.2, 0) is 0 Å². The second-order valence-electron chi connectivity index (χ2n) is 5.15. The largest absolute Gasteiger partial charge is 0.336 e. The van der Waals surface area contributed by atoms with Crippen molar-refractivity contribution >= 4 is 28.1 Å². The Morgan fingerprint density at radius 3 is 2.38 bits per heavy atom. The molecule has 0 saturated heterocycles. The molecule has 1 aromatic heterocycles. The maximum atomic E-state index is 11.4. The molecule has 0 amide bonds. The average molecular weight is 281 g/mol. The lowest BCUT2D eigenvalue weighted by atomic mass is 10.1. The molecular formula is C16H15N3O2. The van der Waals surface area contributed by atoms with Gasteiger partial charge in [0.25, 0.3) is 0 Å². The number of nitrogens with one attached hydrogen (secondary N) is 2. The first-order valence-corrected chi connectivity index (χ1v) is 6.65. The second kappa shape index (κ2) is 4.94. The van der Waals surface area contributed by atoms with Gasteiger partial charge >= 0.3 is 5.69 Å². The summed E-state index contributed by atoms with van der Waals surface area (Å²) >= 11 is 0. The third-order valence-corrected chi connectivity index (χ3v) is 3.43. The SMILES string of the molecule is Cc1ccc(Nc2[nH]c3ccc(C)cc3c2[N+](=O)[O-])cc1. The third kappa shape index (κ3) is 2.45. The van der Waals surface area contributed by atoms with E-state index >= 15 is 0 Å². The number of benzene rings is 2. The van der Waals surface area contributed by atoms with Gasteiger partial charge in [-0.25, -0.2) is 0 Å². The molecule has 5 heteroatoms. The molecule has 0 bridgehead atoms. The number of nitro groups is 1. The van der Waals surface area contributed by atoms with Crippen LogP contribution in [0.15, 0.2) is 42.5 Å². The van der Waals surface area contributed by atoms with Gasteiger partial charge in [-0.3, -0.25) is 10.1 Å². The summed E-state index contributed by atoms with van der Waals surface area (Å²) < 4.78 is 0. The van der Waals surface area contributed by atoms with E-state index in [-0.39, 0.29) is 10.6 Å². The van der Waals surface area contributed by atoms with E-state index in [0.717, 1.165) is 22.3 Å². The average Bonchev–Trinajstić information content (AvgIpc) is 2.78. The maximum absolute atomic E-state index is 11.4. The Labute approximate surface area is 121 Å². The van der Waals surface area contributed by atoms with E-state index in [0.29, 0.717) is 11.2 Å². The number of aromatic amines is 1. The maximum Gasteiger partial charge on any atom is 0.318 e. The van der Waals surface area contributed by atoms with Crippen molar-refractivity contribution in [1.82, 2.24) is 4.98 Å². The minimum atomic E-state index is -0.352. The highest BCUT2D eigenvalue weighted by atomic mass is 16.6. The molecule has 5 nitrogen and oxygen atoms in total. The molecule has 0 radical (unpaired) electrons. The highest BCUT2D eigenvalue weighted by molar-refractivity contribution is 5.97. The van der Waals surface area contributed by atoms with Crippen molar-refractivity contribution in [3.8, 4) is 0 Å². The summed E-state index contributed by atoms with van der Waals surface area (Å²) in [6.07, 6.45) is 0. The minimum Gasteiger partial charge on any atom is -0.336 e. The lowest BCUT2D eigenvalue weighted by Gasteiger charge is -2.04. The molecule has 1 heterocycles. The van der Waals surface area contributed by atoms with E-state index in [9.17, 15) is 10.1 Å². The number of anilines is 2. The molecule has 0 aliphatic heterocycles. The smallest absolute Gasteiger partial charge is 0.318 e. The number of hydrogen-bond donors (Lipinski definition) is 2. The van der Waals surface area contributed by atoms with Crippen molar-refractivity contribution in [1.29, 1.82) is 0 Å². The zero-order chi connectivity index (χ0) is 15.0. The highest BCUT2D eigenvalue weighted by Crippen LogP contribution is 2.35. The van der Waals surface area contributed by atoms with Crippen molar-refractivity contribution in [2.24, 2.45) is 0 Å². The van der Waals surface area contributed by atoms with Gasteiger partial charge in [-0.05, 0) is 38.1 Å². The monoisotopic (exact) mass is 281 g/mol. The Morgan fingerprint density at radius 1 is 1.05 bits per heavy atom. The van der Waals surface area contributed by atoms with Gasteiger partial charge in [0.15, 0.2) is 5.82 Å². The summed E-state index contributed by atoms with van der Waals surface area (Å²) in [5.41, 5.74) is 3.77. The molecule has 0 aliphatic carbocycles. The standard InChI is InChI=1S/C16H15N3O2/c1-10-3-6-12(7-4-10)17-16-15(19(20)21)13-9-11(2)5-8-14(13)18-16/h3-9,17-18H,1-2H3. The summed E-state index contributed by atoms with van der Waals surface area (Å²) in [4.78, 5) is 14.1. The van der Waals surface area contributed by atoms with Gasteiger partial charge in [-0.1, -0.05) is 29.3 Å². The Morgan fingerprint density at radius 2 is 1.71 bits per heavy atom. The number of nitrogens with zero attached hydrogens (tertiary/aromatic N) is 1. The van der Waals surface area contributed by atoms with Crippen LogP contribution in [0.4, 0.5) is 17.2 Å². The van der Waals surface area contributed by atoms with Gasteiger partial charge in [0.1, 0.15) is 0 Å². The molecule has 0 spiro atoms. The molecule has 0 saturated carbocycles. The van der Waals surface area contributed by atoms with Crippen molar-refractivity contribution in [3.63, 3.8) is 0 Å². The van der Waals surface area contributed by atoms with Gasteiger partial charge in [-0.2, -0.15) is 0 Å². The van der Waals surface area contributed by atoms with Crippen LogP contribution in [0.1, 0.15) is 11.1 Å². The van der Waals surface area contributed by atoms with Crippen LogP contribution in [0, 0.1) is 24.0 Å². The van der Waals surface area contributed by atoms with Gasteiger partial charge in [0.2, 0.25) is 0 Å². The lowest BCUT2D eigenvalue weighted by molar-refractivity contribution is -0.382. The van der Waals surface area contributed by atoms with Crippen LogP contribution < -0.4 is 5.32 Å². The number of aromatic nitrogens is 1. The normalized spacial score (nSPS) is 10.8. The van der Waals surface area contributed by atoms with Crippen LogP contribution >= 0.6 is 0 Å². The highest BCUT2D eigenvalue weighted by Gasteiger charge is 2.22. The predicted octanol–water partition coefficient (Wildman–Crippen LogP) is 4.44. The quantitative estimate of drug-likeness (QED) is 0.551. The van der Waals surface area contributed by atoms with E-state index in [2.05, 4.69) is 10.3 Å². The Balaban J connectivity index is 2.11. The summed E-state index contributed by atoms with van der Waals surface area (Å²) in [6, 6.07) is 13.3. The third-order valence-electron chi connectivity index (χ3n) is 3.43. The molecular weight excluding hydrogens is 266 g/mol. The molecule has 2 aromatic carbocycles. The first-order chi connectivity index (χ1) is 10.0. The van der Waals surface area contributed by atoms with Gasteiger partial charge in [0.05, 0.1) is 15.8 Å². The fourth-order valence-electron chi connectivity index (χ4n) is 2.35. The molecule has 2 N–H and O–H groups in total. The minimum absolute atomic E-state index is 0.0780. The summed E-state index contributed by atoms with van der Waals surface area (Å²) in [5.74, 6) is 0.407. The molecule has 3 rings (SSSR count). The second-order valence-corrected chi connectivity index (χ2v) is 5.15. The van der Waals surface area contributed by atoms with E-state index in [1.807, 2.05) is 56.3 Å². The van der Waals surface area contributed by atoms with Crippen molar-refractivity contribution in [3.05, 3.63) is 63.7 Å². The van der Waals surface area contributed by atoms with Crippen molar-refractivity contribution in [2.45, 2.75) is 13.8 Å². The number of aryl methyl sites for hydroxylation is 2. The first-order valence-electron chi connectivity index (χ1n) is 6.65. The summed E-state index contributed by atoms with van der Waals surface area (Å²) in [6.45, 7) is 3.92. The molecule has 21 heavy (non-hydrogen) atoms. The van der Waals surface area contributed by atoms with E-state index in [1.165, 1.54) is 0 Å². The fourth-order valence-corrected chi connectivity index (χ4v) is 2.35. The van der Waals surface area contributed by atoms with E-state index in [4.69, 9.17) is 0 Å².